The molecule has 0 aliphatic heterocycles. The predicted octanol–water partition coefficient (Wildman–Crippen LogP) is -0.448. The molecule has 0 amide bonds. The lowest BCUT2D eigenvalue weighted by Gasteiger charge is -2.03. The maximum atomic E-state index is 9.13. The summed E-state index contributed by atoms with van der Waals surface area (Å²) in [4.78, 5) is 3.41. The largest absolute Gasteiger partial charge is 0.488 e. The van der Waals surface area contributed by atoms with E-state index in [1.807, 2.05) is 0 Å². The highest BCUT2D eigenvalue weighted by Crippen LogP contribution is 2.04. The predicted molar refractivity (Wildman–Crippen MR) is 53.4 cm³/mol. The van der Waals surface area contributed by atoms with E-state index in [9.17, 15) is 0 Å². The van der Waals surface area contributed by atoms with Crippen LogP contribution < -0.4 is 5.46 Å². The first-order chi connectivity index (χ1) is 9.68. The van der Waals surface area contributed by atoms with Crippen molar-refractivity contribution in [3.63, 3.8) is 0 Å². The summed E-state index contributed by atoms with van der Waals surface area (Å²) in [6.45, 7) is 0. The first kappa shape index (κ1) is 3.88. The molecular weight excluding hydrogens is 179 g/mol. The lowest BCUT2D eigenvalue weighted by Crippen LogP contribution is -2.29. The van der Waals surface area contributed by atoms with Crippen LogP contribution in [0.25, 0.3) is 5.69 Å². The van der Waals surface area contributed by atoms with Gasteiger partial charge in [-0.15, -0.1) is 0 Å². The first-order valence-electron chi connectivity index (χ1n) is 7.17. The van der Waals surface area contributed by atoms with Crippen LogP contribution in [-0.2, 0) is 0 Å². The van der Waals surface area contributed by atoms with Gasteiger partial charge in [0.25, 0.3) is 0 Å². The van der Waals surface area contributed by atoms with Crippen LogP contribution in [-0.4, -0.2) is 26.7 Å². The summed E-state index contributed by atoms with van der Waals surface area (Å²) in [5.74, 6) is 0. The van der Waals surface area contributed by atoms with Gasteiger partial charge in [-0.1, -0.05) is 12.1 Å². The van der Waals surface area contributed by atoms with Crippen LogP contribution >= 0.6 is 0 Å². The Morgan fingerprint density at radius 3 is 2.50 bits per heavy atom. The van der Waals surface area contributed by atoms with Crippen molar-refractivity contribution < 1.29 is 19.6 Å². The molecule has 0 unspecified atom stereocenters. The molecule has 0 saturated heterocycles. The van der Waals surface area contributed by atoms with E-state index in [1.54, 1.807) is 0 Å². The fraction of sp³-hybridized carbons (Fsp3) is 0. The van der Waals surface area contributed by atoms with Gasteiger partial charge in [-0.05, 0) is 17.5 Å². The summed E-state index contributed by atoms with van der Waals surface area (Å²) in [5.41, 5.74) is -1.03. The number of nitrogens with zero attached hydrogens (tertiary/aromatic N) is 2. The van der Waals surface area contributed by atoms with Crippen molar-refractivity contribution in [2.24, 2.45) is 0 Å². The molecule has 0 fully saturated rings. The van der Waals surface area contributed by atoms with Crippen molar-refractivity contribution >= 4 is 12.6 Å². The Kier molecular flexibility index (Phi) is 1.01. The smallest absolute Gasteiger partial charge is 0.423 e. The SMILES string of the molecule is [2H]c1nc([2H])n(-c2c([2H])c([2H])c(B(O)O)c([2H])c2[2H])c1[2H]. The van der Waals surface area contributed by atoms with Gasteiger partial charge < -0.3 is 14.6 Å². The Labute approximate surface area is 91.4 Å². The molecule has 1 aromatic carbocycles. The second-order valence-electron chi connectivity index (χ2n) is 2.41. The highest BCUT2D eigenvalue weighted by atomic mass is 16.4. The van der Waals surface area contributed by atoms with Gasteiger partial charge in [0.15, 0.2) is 0 Å². The average Bonchev–Trinajstić information content (AvgIpc) is 2.63. The van der Waals surface area contributed by atoms with Crippen LogP contribution in [0.1, 0.15) is 9.60 Å². The van der Waals surface area contributed by atoms with Crippen molar-refractivity contribution in [2.45, 2.75) is 0 Å². The van der Waals surface area contributed by atoms with Gasteiger partial charge >= 0.3 is 7.12 Å². The maximum absolute atomic E-state index is 9.13. The van der Waals surface area contributed by atoms with Crippen LogP contribution in [0.4, 0.5) is 0 Å². The number of hydrogen-bond donors (Lipinski definition) is 2. The van der Waals surface area contributed by atoms with E-state index in [0.29, 0.717) is 4.57 Å². The number of rotatable bonds is 2. The van der Waals surface area contributed by atoms with Crippen molar-refractivity contribution in [3.8, 4) is 5.69 Å². The number of benzene rings is 1. The minimum atomic E-state index is -2.19. The summed E-state index contributed by atoms with van der Waals surface area (Å²) >= 11 is 0. The Morgan fingerprint density at radius 2 is 2.00 bits per heavy atom. The molecule has 2 rings (SSSR count). The van der Waals surface area contributed by atoms with E-state index < -0.39 is 61.1 Å². The Balaban J connectivity index is 2.89. The van der Waals surface area contributed by atoms with Gasteiger partial charge in [0.05, 0.1) is 14.5 Å². The van der Waals surface area contributed by atoms with Crippen molar-refractivity contribution in [1.29, 1.82) is 0 Å². The zero-order valence-corrected chi connectivity index (χ0v) is 6.87. The molecule has 2 N–H and O–H groups in total. The summed E-state index contributed by atoms with van der Waals surface area (Å²) < 4.78 is 54.3. The number of hydrogen-bond acceptors (Lipinski definition) is 3. The third kappa shape index (κ3) is 1.68. The van der Waals surface area contributed by atoms with Crippen LogP contribution in [0.3, 0.4) is 0 Å². The normalized spacial score (nSPS) is 17.1. The summed E-state index contributed by atoms with van der Waals surface area (Å²) in [5, 5.41) is 18.3. The van der Waals surface area contributed by atoms with E-state index in [4.69, 9.17) is 19.6 Å². The lowest BCUT2D eigenvalue weighted by molar-refractivity contribution is 0.426. The molecular formula is C9H9BN2O2. The van der Waals surface area contributed by atoms with Crippen molar-refractivity contribution in [1.82, 2.24) is 9.55 Å². The molecule has 0 spiro atoms. The van der Waals surface area contributed by atoms with Crippen LogP contribution in [0, 0.1) is 0 Å². The Hall–Kier alpha value is -1.59. The zero-order chi connectivity index (χ0) is 16.1. The molecule has 5 heteroatoms. The van der Waals surface area contributed by atoms with Gasteiger partial charge in [0.1, 0.15) is 1.37 Å². The second kappa shape index (κ2) is 3.65. The van der Waals surface area contributed by atoms with Crippen molar-refractivity contribution in [3.05, 3.63) is 42.8 Å². The average molecular weight is 195 g/mol. The molecule has 1 aromatic heterocycles. The fourth-order valence-corrected chi connectivity index (χ4v) is 0.837. The van der Waals surface area contributed by atoms with Crippen LogP contribution in [0.5, 0.6) is 0 Å². The standard InChI is InChI=1S/C9H9BN2O2/c13-10(14)8-1-3-9(4-2-8)12-6-5-11-7-12/h1-7,13-14H/i1D,2D,3D,4D,5D,6D,7D. The van der Waals surface area contributed by atoms with Crippen molar-refractivity contribution in [2.75, 3.05) is 0 Å². The van der Waals surface area contributed by atoms with Gasteiger partial charge in [-0.25, -0.2) is 4.98 Å². The molecule has 0 aliphatic carbocycles. The molecule has 70 valence electrons. The second-order valence-corrected chi connectivity index (χ2v) is 2.41. The molecule has 1 heterocycles. The molecule has 0 atom stereocenters. The maximum Gasteiger partial charge on any atom is 0.488 e. The van der Waals surface area contributed by atoms with Gasteiger partial charge in [-0.2, -0.15) is 0 Å². The van der Waals surface area contributed by atoms with E-state index in [-0.39, 0.29) is 0 Å². The molecule has 0 radical (unpaired) electrons. The lowest BCUT2D eigenvalue weighted by atomic mass is 9.80. The summed E-state index contributed by atoms with van der Waals surface area (Å²) in [7, 11) is -2.19. The molecule has 0 saturated carbocycles. The summed E-state index contributed by atoms with van der Waals surface area (Å²) in [6.07, 6.45) is -1.68. The highest BCUT2D eigenvalue weighted by Gasteiger charge is 2.09. The topological polar surface area (TPSA) is 58.3 Å². The van der Waals surface area contributed by atoms with E-state index in [1.165, 1.54) is 0 Å². The fourth-order valence-electron chi connectivity index (χ4n) is 0.837. The quantitative estimate of drug-likeness (QED) is 0.638. The van der Waals surface area contributed by atoms with Gasteiger partial charge in [0, 0.05) is 18.0 Å². The van der Waals surface area contributed by atoms with Crippen LogP contribution in [0.2, 0.25) is 0 Å². The third-order valence-corrected chi connectivity index (χ3v) is 1.48. The Bertz CT molecular complexity index is 705. The molecule has 0 aliphatic rings. The molecule has 0 bridgehead atoms. The monoisotopic (exact) mass is 195 g/mol. The highest BCUT2D eigenvalue weighted by molar-refractivity contribution is 6.58. The Morgan fingerprint density at radius 1 is 1.29 bits per heavy atom. The summed E-state index contributed by atoms with van der Waals surface area (Å²) in [6, 6.07) is -2.70. The van der Waals surface area contributed by atoms with E-state index >= 15 is 0 Å². The molecule has 14 heavy (non-hydrogen) atoms. The van der Waals surface area contributed by atoms with Gasteiger partial charge in [-0.3, -0.25) is 0 Å². The molecule has 4 nitrogen and oxygen atoms in total. The third-order valence-electron chi connectivity index (χ3n) is 1.48. The minimum absolute atomic E-state index is 0.435. The zero-order valence-electron chi connectivity index (χ0n) is 13.9. The molecule has 2 aromatic rings. The van der Waals surface area contributed by atoms with E-state index in [0.717, 1.165) is 0 Å². The van der Waals surface area contributed by atoms with E-state index in [2.05, 4.69) is 4.98 Å². The first-order valence-corrected chi connectivity index (χ1v) is 3.67. The van der Waals surface area contributed by atoms with Gasteiger partial charge in [0.2, 0.25) is 0 Å². The number of imidazole rings is 1. The number of aromatic nitrogens is 2. The minimum Gasteiger partial charge on any atom is -0.423 e. The van der Waals surface area contributed by atoms with Crippen LogP contribution in [0.15, 0.2) is 42.8 Å².